The number of hydrogen-bond acceptors (Lipinski definition) is 5. The molecular formula is C51H92O5. The van der Waals surface area contributed by atoms with Crippen molar-refractivity contribution in [3.63, 3.8) is 0 Å². The van der Waals surface area contributed by atoms with Crippen LogP contribution >= 0.6 is 0 Å². The molecule has 0 amide bonds. The van der Waals surface area contributed by atoms with Crippen LogP contribution in [0.15, 0.2) is 48.6 Å². The average molecular weight is 785 g/mol. The van der Waals surface area contributed by atoms with Gasteiger partial charge in [0.1, 0.15) is 6.61 Å². The van der Waals surface area contributed by atoms with Crippen LogP contribution in [-0.2, 0) is 19.1 Å². The van der Waals surface area contributed by atoms with Crippen molar-refractivity contribution in [2.75, 3.05) is 13.2 Å². The van der Waals surface area contributed by atoms with Crippen molar-refractivity contribution in [2.45, 2.75) is 251 Å². The van der Waals surface area contributed by atoms with Gasteiger partial charge in [0.2, 0.25) is 0 Å². The van der Waals surface area contributed by atoms with Crippen molar-refractivity contribution >= 4 is 11.9 Å². The number of rotatable bonds is 44. The summed E-state index contributed by atoms with van der Waals surface area (Å²) in [5.74, 6) is -0.618. The maximum atomic E-state index is 12.2. The van der Waals surface area contributed by atoms with Gasteiger partial charge in [0, 0.05) is 12.8 Å². The lowest BCUT2D eigenvalue weighted by molar-refractivity contribution is -0.161. The zero-order valence-electron chi connectivity index (χ0n) is 37.1. The monoisotopic (exact) mass is 785 g/mol. The zero-order valence-corrected chi connectivity index (χ0v) is 37.1. The van der Waals surface area contributed by atoms with Crippen LogP contribution in [0, 0.1) is 0 Å². The summed E-state index contributed by atoms with van der Waals surface area (Å²) in [7, 11) is 0. The van der Waals surface area contributed by atoms with Crippen molar-refractivity contribution in [2.24, 2.45) is 0 Å². The third kappa shape index (κ3) is 44.6. The maximum Gasteiger partial charge on any atom is 0.306 e. The van der Waals surface area contributed by atoms with Crippen LogP contribution in [0.5, 0.6) is 0 Å². The number of allylic oxidation sites excluding steroid dienone is 8. The standard InChI is InChI=1S/C51H92O5/c1-3-5-7-9-11-13-15-17-19-21-23-24-25-26-28-29-31-33-35-37-39-41-43-45-50(53)55-48-49(47-52)56-51(54)46-44-42-40-38-36-34-32-30-27-22-20-18-16-14-12-10-8-6-4-2/h12,14,18,20,27,30,34,36,49,52H,3-11,13,15-17,19,21-26,28-29,31-33,35,37-48H2,1-2H3/b14-12+,20-18+,30-27+,36-34+/t49-/m0/s1. The number of aliphatic hydroxyl groups is 1. The Morgan fingerprint density at radius 3 is 1.11 bits per heavy atom. The first-order valence-electron chi connectivity index (χ1n) is 24.2. The number of carbonyl (C=O) groups excluding carboxylic acids is 2. The molecule has 0 spiro atoms. The summed E-state index contributed by atoms with van der Waals surface area (Å²) in [6.07, 6.45) is 60.5. The van der Waals surface area contributed by atoms with Crippen molar-refractivity contribution in [1.29, 1.82) is 0 Å². The van der Waals surface area contributed by atoms with Gasteiger partial charge >= 0.3 is 11.9 Å². The first-order valence-corrected chi connectivity index (χ1v) is 24.2. The molecule has 0 aromatic carbocycles. The van der Waals surface area contributed by atoms with Crippen molar-refractivity contribution in [3.8, 4) is 0 Å². The Labute approximate surface area is 348 Å². The van der Waals surface area contributed by atoms with Crippen molar-refractivity contribution < 1.29 is 24.2 Å². The third-order valence-corrected chi connectivity index (χ3v) is 10.6. The summed E-state index contributed by atoms with van der Waals surface area (Å²) in [5.41, 5.74) is 0. The lowest BCUT2D eigenvalue weighted by Crippen LogP contribution is -2.28. The lowest BCUT2D eigenvalue weighted by atomic mass is 10.0. The van der Waals surface area contributed by atoms with Crippen LogP contribution in [0.25, 0.3) is 0 Å². The van der Waals surface area contributed by atoms with Crippen LogP contribution in [0.4, 0.5) is 0 Å². The molecule has 1 N–H and O–H groups in total. The summed E-state index contributed by atoms with van der Waals surface area (Å²) in [5, 5.41) is 9.60. The van der Waals surface area contributed by atoms with E-state index in [0.29, 0.717) is 12.8 Å². The number of aliphatic hydroxyl groups excluding tert-OH is 1. The normalized spacial score (nSPS) is 12.6. The van der Waals surface area contributed by atoms with Gasteiger partial charge in [-0.2, -0.15) is 0 Å². The van der Waals surface area contributed by atoms with Gasteiger partial charge in [0.15, 0.2) is 6.10 Å². The van der Waals surface area contributed by atoms with E-state index in [2.05, 4.69) is 62.5 Å². The number of esters is 2. The van der Waals surface area contributed by atoms with E-state index in [0.717, 1.165) is 64.2 Å². The van der Waals surface area contributed by atoms with E-state index in [1.54, 1.807) is 0 Å². The van der Waals surface area contributed by atoms with Gasteiger partial charge in [-0.25, -0.2) is 0 Å². The fourth-order valence-electron chi connectivity index (χ4n) is 6.95. The van der Waals surface area contributed by atoms with Crippen molar-refractivity contribution in [3.05, 3.63) is 48.6 Å². The van der Waals surface area contributed by atoms with E-state index >= 15 is 0 Å². The number of carbonyl (C=O) groups is 2. The second-order valence-corrected chi connectivity index (χ2v) is 16.2. The first kappa shape index (κ1) is 53.9. The van der Waals surface area contributed by atoms with E-state index in [4.69, 9.17) is 9.47 Å². The van der Waals surface area contributed by atoms with Crippen LogP contribution in [0.2, 0.25) is 0 Å². The molecule has 0 heterocycles. The largest absolute Gasteiger partial charge is 0.462 e. The number of unbranched alkanes of at least 4 members (excludes halogenated alkanes) is 28. The Bertz CT molecular complexity index is 935. The highest BCUT2D eigenvalue weighted by Gasteiger charge is 2.16. The van der Waals surface area contributed by atoms with E-state index in [9.17, 15) is 14.7 Å². The molecule has 5 nitrogen and oxygen atoms in total. The minimum atomic E-state index is -0.788. The number of ether oxygens (including phenoxy) is 2. The minimum absolute atomic E-state index is 0.0769. The summed E-state index contributed by atoms with van der Waals surface area (Å²) in [6, 6.07) is 0. The molecule has 0 aromatic rings. The fourth-order valence-corrected chi connectivity index (χ4v) is 6.95. The molecular weight excluding hydrogens is 693 g/mol. The molecule has 0 saturated carbocycles. The molecule has 1 atom stereocenters. The SMILES string of the molecule is CCCCC/C=C/C/C=C/C/C=C/C/C=C/CCCCCC(=O)O[C@@H](CO)COC(=O)CCCCCCCCCCCCCCCCCCCCCCCCC. The lowest BCUT2D eigenvalue weighted by Gasteiger charge is -2.15. The molecule has 0 bridgehead atoms. The van der Waals surface area contributed by atoms with Crippen LogP contribution in [0.1, 0.15) is 245 Å². The summed E-state index contributed by atoms with van der Waals surface area (Å²) in [6.45, 7) is 4.11. The summed E-state index contributed by atoms with van der Waals surface area (Å²) >= 11 is 0. The Hall–Kier alpha value is -2.14. The fraction of sp³-hybridized carbons (Fsp3) is 0.804. The minimum Gasteiger partial charge on any atom is -0.462 e. The molecule has 0 aliphatic heterocycles. The predicted octanol–water partition coefficient (Wildman–Crippen LogP) is 15.7. The molecule has 0 unspecified atom stereocenters. The van der Waals surface area contributed by atoms with Gasteiger partial charge in [0.05, 0.1) is 6.61 Å². The average Bonchev–Trinajstić information content (AvgIpc) is 3.20. The highest BCUT2D eigenvalue weighted by atomic mass is 16.6. The van der Waals surface area contributed by atoms with Crippen LogP contribution in [0.3, 0.4) is 0 Å². The third-order valence-electron chi connectivity index (χ3n) is 10.6. The Kier molecular flexibility index (Phi) is 45.4. The quantitative estimate of drug-likeness (QED) is 0.0378. The summed E-state index contributed by atoms with van der Waals surface area (Å²) in [4.78, 5) is 24.4. The Balaban J connectivity index is 3.53. The van der Waals surface area contributed by atoms with E-state index in [1.165, 1.54) is 154 Å². The number of hydrogen-bond donors (Lipinski definition) is 1. The van der Waals surface area contributed by atoms with E-state index < -0.39 is 6.10 Å². The molecule has 0 aliphatic rings. The highest BCUT2D eigenvalue weighted by molar-refractivity contribution is 5.70. The van der Waals surface area contributed by atoms with Gasteiger partial charge in [-0.3, -0.25) is 9.59 Å². The molecule has 0 saturated heterocycles. The zero-order chi connectivity index (χ0) is 40.7. The molecule has 0 radical (unpaired) electrons. The first-order chi connectivity index (χ1) is 27.6. The molecule has 56 heavy (non-hydrogen) atoms. The second kappa shape index (κ2) is 47.2. The molecule has 0 aliphatic carbocycles. The highest BCUT2D eigenvalue weighted by Crippen LogP contribution is 2.16. The van der Waals surface area contributed by atoms with Gasteiger partial charge in [0.25, 0.3) is 0 Å². The Morgan fingerprint density at radius 2 is 0.714 bits per heavy atom. The molecule has 326 valence electrons. The van der Waals surface area contributed by atoms with Crippen LogP contribution in [-0.4, -0.2) is 36.4 Å². The summed E-state index contributed by atoms with van der Waals surface area (Å²) < 4.78 is 10.6. The van der Waals surface area contributed by atoms with Gasteiger partial charge < -0.3 is 14.6 Å². The van der Waals surface area contributed by atoms with E-state index in [-0.39, 0.29) is 25.2 Å². The smallest absolute Gasteiger partial charge is 0.306 e. The maximum absolute atomic E-state index is 12.2. The van der Waals surface area contributed by atoms with Crippen molar-refractivity contribution in [1.82, 2.24) is 0 Å². The second-order valence-electron chi connectivity index (χ2n) is 16.2. The molecule has 0 fully saturated rings. The molecule has 0 aromatic heterocycles. The van der Waals surface area contributed by atoms with Crippen LogP contribution < -0.4 is 0 Å². The molecule has 0 rings (SSSR count). The van der Waals surface area contributed by atoms with Gasteiger partial charge in [-0.05, 0) is 57.8 Å². The van der Waals surface area contributed by atoms with Gasteiger partial charge in [-0.15, -0.1) is 0 Å². The topological polar surface area (TPSA) is 72.8 Å². The van der Waals surface area contributed by atoms with E-state index in [1.807, 2.05) is 0 Å². The van der Waals surface area contributed by atoms with Gasteiger partial charge in [-0.1, -0.05) is 223 Å². The predicted molar refractivity (Wildman–Crippen MR) is 242 cm³/mol. The Morgan fingerprint density at radius 1 is 0.411 bits per heavy atom. The molecule has 5 heteroatoms.